The molecule has 4 aromatic rings. The van der Waals surface area contributed by atoms with Crippen molar-refractivity contribution in [2.75, 3.05) is 13.2 Å². The molecule has 0 bridgehead atoms. The van der Waals surface area contributed by atoms with Gasteiger partial charge in [-0.2, -0.15) is 0 Å². The van der Waals surface area contributed by atoms with E-state index in [4.69, 9.17) is 26.1 Å². The van der Waals surface area contributed by atoms with Crippen LogP contribution in [-0.4, -0.2) is 18.2 Å². The first-order valence-corrected chi connectivity index (χ1v) is 11.6. The average molecular weight is 462 g/mol. The van der Waals surface area contributed by atoms with E-state index < -0.39 is 0 Å². The number of aryl methyl sites for hydroxylation is 1. The summed E-state index contributed by atoms with van der Waals surface area (Å²) in [5.74, 6) is 0.764. The molecule has 1 aliphatic heterocycles. The van der Waals surface area contributed by atoms with Gasteiger partial charge in [0, 0.05) is 30.2 Å². The third kappa shape index (κ3) is 4.59. The fourth-order valence-electron chi connectivity index (χ4n) is 4.53. The Kier molecular flexibility index (Phi) is 6.30. The molecule has 0 atom stereocenters. The number of nitrogens with zero attached hydrogens (tertiary/aromatic N) is 1. The van der Waals surface area contributed by atoms with Crippen LogP contribution in [-0.2, 0) is 11.3 Å². The molecule has 33 heavy (non-hydrogen) atoms. The number of fused-ring (bicyclic) bond motifs is 1. The molecule has 1 fully saturated rings. The van der Waals surface area contributed by atoms with Crippen LogP contribution in [0.15, 0.2) is 66.7 Å². The van der Waals surface area contributed by atoms with Crippen molar-refractivity contribution in [1.29, 1.82) is 0 Å². The monoisotopic (exact) mass is 461 g/mol. The third-order valence-electron chi connectivity index (χ3n) is 6.27. The molecule has 0 unspecified atom stereocenters. The van der Waals surface area contributed by atoms with Crippen molar-refractivity contribution < 1.29 is 13.9 Å². The maximum absolute atomic E-state index is 14.1. The van der Waals surface area contributed by atoms with E-state index in [1.54, 1.807) is 6.92 Å². The van der Waals surface area contributed by atoms with Gasteiger partial charge >= 0.3 is 0 Å². The van der Waals surface area contributed by atoms with E-state index >= 15 is 0 Å². The molecule has 0 spiro atoms. The summed E-state index contributed by atoms with van der Waals surface area (Å²) >= 11 is 6.82. The summed E-state index contributed by atoms with van der Waals surface area (Å²) in [4.78, 5) is 4.76. The summed E-state index contributed by atoms with van der Waals surface area (Å²) in [6.45, 7) is 3.66. The third-order valence-corrected chi connectivity index (χ3v) is 6.56. The molecular formula is C28H25ClFNO2. The van der Waals surface area contributed by atoms with Crippen molar-refractivity contribution in [2.24, 2.45) is 0 Å². The molecule has 0 aliphatic carbocycles. The van der Waals surface area contributed by atoms with Gasteiger partial charge in [-0.1, -0.05) is 48.0 Å². The largest absolute Gasteiger partial charge is 0.489 e. The zero-order chi connectivity index (χ0) is 22.8. The van der Waals surface area contributed by atoms with Crippen molar-refractivity contribution >= 4 is 22.5 Å². The van der Waals surface area contributed by atoms with Crippen LogP contribution in [0.3, 0.4) is 0 Å². The zero-order valence-corrected chi connectivity index (χ0v) is 19.2. The Morgan fingerprint density at radius 1 is 1.03 bits per heavy atom. The number of hydrogen-bond donors (Lipinski definition) is 0. The standard InChI is InChI=1S/C28H25ClFNO2/c1-18-15-21(7-10-24(18)30)26-23-9-8-22(33-17-19-5-3-2-4-6-19)16-25(23)31-28(29)27(26)20-11-13-32-14-12-20/h2-10,15-16,20H,11-14,17H2,1H3. The highest BCUT2D eigenvalue weighted by molar-refractivity contribution is 6.31. The van der Waals surface area contributed by atoms with E-state index in [1.165, 1.54) is 6.07 Å². The Morgan fingerprint density at radius 2 is 1.82 bits per heavy atom. The van der Waals surface area contributed by atoms with E-state index in [9.17, 15) is 4.39 Å². The number of ether oxygens (including phenoxy) is 2. The van der Waals surface area contributed by atoms with Gasteiger partial charge in [-0.3, -0.25) is 0 Å². The molecule has 1 aliphatic rings. The van der Waals surface area contributed by atoms with Gasteiger partial charge in [-0.25, -0.2) is 9.37 Å². The summed E-state index contributed by atoms with van der Waals surface area (Å²) in [6.07, 6.45) is 1.77. The molecule has 0 saturated carbocycles. The Morgan fingerprint density at radius 3 is 2.58 bits per heavy atom. The second-order valence-corrected chi connectivity index (χ2v) is 8.85. The average Bonchev–Trinajstić information content (AvgIpc) is 2.84. The highest BCUT2D eigenvalue weighted by Crippen LogP contribution is 2.43. The topological polar surface area (TPSA) is 31.4 Å². The lowest BCUT2D eigenvalue weighted by molar-refractivity contribution is 0.0854. The first-order chi connectivity index (χ1) is 16.1. The number of hydrogen-bond acceptors (Lipinski definition) is 3. The fourth-order valence-corrected chi connectivity index (χ4v) is 4.87. The maximum Gasteiger partial charge on any atom is 0.133 e. The normalized spacial score (nSPS) is 14.5. The summed E-state index contributed by atoms with van der Waals surface area (Å²) < 4.78 is 25.7. The maximum atomic E-state index is 14.1. The molecule has 3 nitrogen and oxygen atoms in total. The summed E-state index contributed by atoms with van der Waals surface area (Å²) in [5.41, 5.74) is 5.46. The molecule has 0 amide bonds. The molecule has 5 rings (SSSR count). The van der Waals surface area contributed by atoms with Crippen LogP contribution in [0.1, 0.15) is 35.4 Å². The summed E-state index contributed by atoms with van der Waals surface area (Å²) in [5, 5.41) is 1.48. The van der Waals surface area contributed by atoms with Crippen molar-refractivity contribution in [1.82, 2.24) is 4.98 Å². The minimum absolute atomic E-state index is 0.215. The van der Waals surface area contributed by atoms with Crippen LogP contribution < -0.4 is 4.74 Å². The smallest absolute Gasteiger partial charge is 0.133 e. The van der Waals surface area contributed by atoms with Gasteiger partial charge in [0.2, 0.25) is 0 Å². The minimum Gasteiger partial charge on any atom is -0.489 e. The SMILES string of the molecule is Cc1cc(-c2c(C3CCOCC3)c(Cl)nc3cc(OCc4ccccc4)ccc23)ccc1F. The predicted molar refractivity (Wildman–Crippen MR) is 130 cm³/mol. The van der Waals surface area contributed by atoms with Crippen molar-refractivity contribution in [2.45, 2.75) is 32.3 Å². The first kappa shape index (κ1) is 21.9. The van der Waals surface area contributed by atoms with E-state index in [1.807, 2.05) is 60.7 Å². The molecule has 0 N–H and O–H groups in total. The lowest BCUT2D eigenvalue weighted by Crippen LogP contribution is -2.16. The lowest BCUT2D eigenvalue weighted by atomic mass is 9.85. The van der Waals surface area contributed by atoms with Gasteiger partial charge in [-0.05, 0) is 72.2 Å². The van der Waals surface area contributed by atoms with E-state index in [2.05, 4.69) is 0 Å². The predicted octanol–water partition coefficient (Wildman–Crippen LogP) is 7.48. The number of aromatic nitrogens is 1. The summed E-state index contributed by atoms with van der Waals surface area (Å²) in [7, 11) is 0. The first-order valence-electron chi connectivity index (χ1n) is 11.2. The van der Waals surface area contributed by atoms with Crippen LogP contribution in [0, 0.1) is 12.7 Å². The van der Waals surface area contributed by atoms with Gasteiger partial charge in [0.1, 0.15) is 23.3 Å². The molecule has 1 saturated heterocycles. The number of rotatable bonds is 5. The van der Waals surface area contributed by atoms with E-state index in [0.717, 1.165) is 51.7 Å². The molecule has 168 valence electrons. The molecule has 3 aromatic carbocycles. The Balaban J connectivity index is 1.61. The minimum atomic E-state index is -0.215. The van der Waals surface area contributed by atoms with Crippen molar-refractivity contribution in [3.05, 3.63) is 94.4 Å². The highest BCUT2D eigenvalue weighted by Gasteiger charge is 2.25. The van der Waals surface area contributed by atoms with Crippen LogP contribution in [0.4, 0.5) is 4.39 Å². The van der Waals surface area contributed by atoms with Gasteiger partial charge in [0.05, 0.1) is 5.52 Å². The second kappa shape index (κ2) is 9.50. The molecular weight excluding hydrogens is 437 g/mol. The van der Waals surface area contributed by atoms with Crippen LogP contribution >= 0.6 is 11.6 Å². The van der Waals surface area contributed by atoms with Crippen molar-refractivity contribution in [3.63, 3.8) is 0 Å². The molecule has 5 heteroatoms. The second-order valence-electron chi connectivity index (χ2n) is 8.50. The van der Waals surface area contributed by atoms with Crippen molar-refractivity contribution in [3.8, 4) is 16.9 Å². The van der Waals surface area contributed by atoms with Gasteiger partial charge in [0.15, 0.2) is 0 Å². The number of pyridine rings is 1. The van der Waals surface area contributed by atoms with E-state index in [0.29, 0.717) is 30.5 Å². The Hall–Kier alpha value is -2.95. The fraction of sp³-hybridized carbons (Fsp3) is 0.250. The Labute approximate surface area is 198 Å². The number of benzene rings is 3. The van der Waals surface area contributed by atoms with Crippen LogP contribution in [0.2, 0.25) is 5.15 Å². The van der Waals surface area contributed by atoms with Gasteiger partial charge in [-0.15, -0.1) is 0 Å². The Bertz CT molecular complexity index is 1290. The van der Waals surface area contributed by atoms with E-state index in [-0.39, 0.29) is 11.7 Å². The van der Waals surface area contributed by atoms with Crippen LogP contribution in [0.5, 0.6) is 5.75 Å². The van der Waals surface area contributed by atoms with Gasteiger partial charge < -0.3 is 9.47 Å². The van der Waals surface area contributed by atoms with Crippen LogP contribution in [0.25, 0.3) is 22.0 Å². The molecule has 1 aromatic heterocycles. The lowest BCUT2D eigenvalue weighted by Gasteiger charge is -2.26. The summed E-state index contributed by atoms with van der Waals surface area (Å²) in [6, 6.07) is 21.2. The highest BCUT2D eigenvalue weighted by atomic mass is 35.5. The quantitative estimate of drug-likeness (QED) is 0.289. The molecule has 2 heterocycles. The zero-order valence-electron chi connectivity index (χ0n) is 18.5. The van der Waals surface area contributed by atoms with Gasteiger partial charge in [0.25, 0.3) is 0 Å². The molecule has 0 radical (unpaired) electrons. The number of halogens is 2.